The first kappa shape index (κ1) is 22.5. The summed E-state index contributed by atoms with van der Waals surface area (Å²) in [5.74, 6) is 0.730. The van der Waals surface area contributed by atoms with Crippen LogP contribution in [0.15, 0.2) is 9.59 Å². The number of nitrogens with two attached hydrogens (primary N) is 1. The highest BCUT2D eigenvalue weighted by atomic mass is 32.1. The second-order valence-electron chi connectivity index (χ2n) is 7.82. The van der Waals surface area contributed by atoms with E-state index in [-0.39, 0.29) is 11.5 Å². The van der Waals surface area contributed by atoms with Crippen LogP contribution in [-0.4, -0.2) is 27.3 Å². The Morgan fingerprint density at radius 2 is 1.93 bits per heavy atom. The molecule has 2 rings (SSSR count). The lowest BCUT2D eigenvalue weighted by Gasteiger charge is -2.34. The molecule has 1 aliphatic rings. The summed E-state index contributed by atoms with van der Waals surface area (Å²) in [5.41, 5.74) is 5.65. The minimum atomic E-state index is -0.479. The molecule has 0 amide bonds. The summed E-state index contributed by atoms with van der Waals surface area (Å²) >= 11 is 5.71. The molecule has 1 aromatic heterocycles. The third-order valence-electron chi connectivity index (χ3n) is 5.62. The maximum atomic E-state index is 12.7. The van der Waals surface area contributed by atoms with E-state index >= 15 is 0 Å². The first-order chi connectivity index (χ1) is 13.4. The highest BCUT2D eigenvalue weighted by Gasteiger charge is 2.26. The zero-order valence-electron chi connectivity index (χ0n) is 17.4. The Labute approximate surface area is 172 Å². The summed E-state index contributed by atoms with van der Waals surface area (Å²) in [6.07, 6.45) is 8.27. The third-order valence-corrected chi connectivity index (χ3v) is 5.96. The number of nitrogen functional groups attached to an aromatic ring is 1. The maximum absolute atomic E-state index is 12.7. The third kappa shape index (κ3) is 5.37. The topological polar surface area (TPSA) is 96.2 Å². The largest absolute Gasteiger partial charge is 0.383 e. The Bertz CT molecular complexity index is 773. The van der Waals surface area contributed by atoms with E-state index in [1.54, 1.807) is 4.90 Å². The van der Waals surface area contributed by atoms with Crippen LogP contribution in [0.4, 0.5) is 11.5 Å². The zero-order chi connectivity index (χ0) is 20.7. The number of H-pyrrole nitrogens is 1. The van der Waals surface area contributed by atoms with Crippen molar-refractivity contribution in [2.24, 2.45) is 5.92 Å². The van der Waals surface area contributed by atoms with E-state index in [4.69, 9.17) is 18.0 Å². The second-order valence-corrected chi connectivity index (χ2v) is 8.21. The number of aromatic amines is 1. The van der Waals surface area contributed by atoms with Crippen molar-refractivity contribution in [2.45, 2.75) is 84.7 Å². The SMILES string of the molecule is CCCCN(C(=S)N[C@@H]1CCCC[C@H]1C)c1c(N)n(CCCC)c(=O)[nH]c1=O. The number of hydrogen-bond donors (Lipinski definition) is 3. The summed E-state index contributed by atoms with van der Waals surface area (Å²) in [4.78, 5) is 29.1. The number of nitrogens with one attached hydrogen (secondary N) is 2. The van der Waals surface area contributed by atoms with Crippen LogP contribution in [0.2, 0.25) is 0 Å². The Balaban J connectivity index is 2.37. The van der Waals surface area contributed by atoms with Gasteiger partial charge in [-0.05, 0) is 43.8 Å². The Morgan fingerprint density at radius 1 is 1.25 bits per heavy atom. The van der Waals surface area contributed by atoms with Crippen molar-refractivity contribution in [3.05, 3.63) is 20.8 Å². The van der Waals surface area contributed by atoms with Gasteiger partial charge in [-0.3, -0.25) is 14.3 Å². The zero-order valence-corrected chi connectivity index (χ0v) is 18.2. The summed E-state index contributed by atoms with van der Waals surface area (Å²) < 4.78 is 1.45. The van der Waals surface area contributed by atoms with Gasteiger partial charge in [0.2, 0.25) is 0 Å². The van der Waals surface area contributed by atoms with E-state index in [1.807, 2.05) is 6.92 Å². The molecule has 0 aromatic carbocycles. The average Bonchev–Trinajstić information content (AvgIpc) is 2.65. The molecule has 4 N–H and O–H groups in total. The highest BCUT2D eigenvalue weighted by molar-refractivity contribution is 7.80. The molecule has 1 saturated carbocycles. The lowest BCUT2D eigenvalue weighted by molar-refractivity contribution is 0.309. The van der Waals surface area contributed by atoms with Gasteiger partial charge in [-0.25, -0.2) is 4.79 Å². The summed E-state index contributed by atoms with van der Waals surface area (Å²) in [5, 5.41) is 3.99. The lowest BCUT2D eigenvalue weighted by atomic mass is 9.86. The lowest BCUT2D eigenvalue weighted by Crippen LogP contribution is -2.50. The first-order valence-corrected chi connectivity index (χ1v) is 11.0. The van der Waals surface area contributed by atoms with E-state index in [9.17, 15) is 9.59 Å². The van der Waals surface area contributed by atoms with Gasteiger partial charge < -0.3 is 16.0 Å². The molecule has 28 heavy (non-hydrogen) atoms. The minimum Gasteiger partial charge on any atom is -0.383 e. The molecule has 1 aromatic rings. The average molecular weight is 410 g/mol. The van der Waals surface area contributed by atoms with Crippen LogP contribution in [0.25, 0.3) is 0 Å². The number of hydrogen-bond acceptors (Lipinski definition) is 4. The van der Waals surface area contributed by atoms with Gasteiger partial charge in [0.1, 0.15) is 5.82 Å². The molecule has 1 heterocycles. The molecule has 7 nitrogen and oxygen atoms in total. The van der Waals surface area contributed by atoms with Crippen molar-refractivity contribution in [3.8, 4) is 0 Å². The number of unbranched alkanes of at least 4 members (excludes halogenated alkanes) is 2. The van der Waals surface area contributed by atoms with Crippen LogP contribution in [-0.2, 0) is 6.54 Å². The monoisotopic (exact) mass is 409 g/mol. The predicted molar refractivity (Wildman–Crippen MR) is 120 cm³/mol. The minimum absolute atomic E-state index is 0.194. The summed E-state index contributed by atoms with van der Waals surface area (Å²) in [7, 11) is 0. The fourth-order valence-corrected chi connectivity index (χ4v) is 4.11. The Hall–Kier alpha value is -1.83. The fraction of sp³-hybridized carbons (Fsp3) is 0.750. The highest BCUT2D eigenvalue weighted by Crippen LogP contribution is 2.25. The molecule has 0 aliphatic heterocycles. The van der Waals surface area contributed by atoms with Gasteiger partial charge in [-0.15, -0.1) is 0 Å². The number of nitrogens with zero attached hydrogens (tertiary/aromatic N) is 2. The van der Waals surface area contributed by atoms with Gasteiger partial charge in [0.05, 0.1) is 0 Å². The Morgan fingerprint density at radius 3 is 2.57 bits per heavy atom. The first-order valence-electron chi connectivity index (χ1n) is 10.6. The quantitative estimate of drug-likeness (QED) is 0.571. The Kier molecular flexibility index (Phi) is 8.54. The van der Waals surface area contributed by atoms with Gasteiger partial charge in [0.15, 0.2) is 10.8 Å². The van der Waals surface area contributed by atoms with Crippen molar-refractivity contribution in [1.29, 1.82) is 0 Å². The van der Waals surface area contributed by atoms with Crippen LogP contribution in [0.1, 0.15) is 72.1 Å². The van der Waals surface area contributed by atoms with Crippen LogP contribution in [0.3, 0.4) is 0 Å². The van der Waals surface area contributed by atoms with Gasteiger partial charge >= 0.3 is 5.69 Å². The molecule has 158 valence electrons. The van der Waals surface area contributed by atoms with Gasteiger partial charge in [-0.2, -0.15) is 0 Å². The molecular formula is C20H35N5O2S. The fourth-order valence-electron chi connectivity index (χ4n) is 3.77. The second kappa shape index (κ2) is 10.6. The van der Waals surface area contributed by atoms with Gasteiger partial charge in [-0.1, -0.05) is 46.5 Å². The molecule has 2 atom stereocenters. The molecule has 0 saturated heterocycles. The van der Waals surface area contributed by atoms with Crippen LogP contribution in [0.5, 0.6) is 0 Å². The van der Waals surface area contributed by atoms with Crippen molar-refractivity contribution in [1.82, 2.24) is 14.9 Å². The smallest absolute Gasteiger partial charge is 0.330 e. The van der Waals surface area contributed by atoms with E-state index in [0.717, 1.165) is 32.1 Å². The molecule has 0 spiro atoms. The number of rotatable bonds is 8. The van der Waals surface area contributed by atoms with Gasteiger partial charge in [0.25, 0.3) is 5.56 Å². The molecule has 1 aliphatic carbocycles. The molecule has 0 bridgehead atoms. The number of thiocarbonyl (C=S) groups is 1. The summed E-state index contributed by atoms with van der Waals surface area (Å²) in [6, 6.07) is 0.302. The van der Waals surface area contributed by atoms with E-state index in [2.05, 4.69) is 24.1 Å². The van der Waals surface area contributed by atoms with E-state index < -0.39 is 11.2 Å². The van der Waals surface area contributed by atoms with E-state index in [0.29, 0.717) is 30.2 Å². The molecular weight excluding hydrogens is 374 g/mol. The van der Waals surface area contributed by atoms with Crippen LogP contribution >= 0.6 is 12.2 Å². The standard InChI is InChI=1S/C20H35N5O2S/c1-4-6-12-24(20(28)22-15-11-9-8-10-14(15)3)16-17(21)25(13-7-5-2)19(27)23-18(16)26/h14-15H,4-13,21H2,1-3H3,(H,22,28)(H,23,26,27)/t14-,15-/m1/s1. The maximum Gasteiger partial charge on any atom is 0.330 e. The molecule has 8 heteroatoms. The summed E-state index contributed by atoms with van der Waals surface area (Å²) in [6.45, 7) is 7.44. The van der Waals surface area contributed by atoms with Crippen molar-refractivity contribution in [2.75, 3.05) is 17.2 Å². The molecule has 0 unspecified atom stereocenters. The molecule has 0 radical (unpaired) electrons. The number of aromatic nitrogens is 2. The number of anilines is 2. The van der Waals surface area contributed by atoms with Crippen molar-refractivity contribution >= 4 is 28.8 Å². The van der Waals surface area contributed by atoms with Crippen LogP contribution < -0.4 is 27.2 Å². The predicted octanol–water partition coefficient (Wildman–Crippen LogP) is 2.98. The van der Waals surface area contributed by atoms with Crippen LogP contribution in [0, 0.1) is 5.92 Å². The molecule has 1 fully saturated rings. The van der Waals surface area contributed by atoms with Gasteiger partial charge in [0, 0.05) is 19.1 Å². The van der Waals surface area contributed by atoms with Crippen molar-refractivity contribution in [3.63, 3.8) is 0 Å². The van der Waals surface area contributed by atoms with E-state index in [1.165, 1.54) is 23.8 Å². The van der Waals surface area contributed by atoms with Crippen molar-refractivity contribution < 1.29 is 0 Å². The normalized spacial score (nSPS) is 19.4.